The fourth-order valence-electron chi connectivity index (χ4n) is 2.96. The van der Waals surface area contributed by atoms with Gasteiger partial charge < -0.3 is 4.74 Å². The molecule has 28 heavy (non-hydrogen) atoms. The Kier molecular flexibility index (Phi) is 5.44. The second kappa shape index (κ2) is 8.31. The van der Waals surface area contributed by atoms with Gasteiger partial charge >= 0.3 is 0 Å². The van der Waals surface area contributed by atoms with E-state index in [0.29, 0.717) is 5.75 Å². The Hall–Kier alpha value is -3.05. The zero-order chi connectivity index (χ0) is 19.3. The Morgan fingerprint density at radius 1 is 0.929 bits per heavy atom. The van der Waals surface area contributed by atoms with E-state index in [2.05, 4.69) is 21.7 Å². The zero-order valence-corrected chi connectivity index (χ0v) is 16.2. The third-order valence-electron chi connectivity index (χ3n) is 4.41. The summed E-state index contributed by atoms with van der Waals surface area (Å²) in [5.41, 5.74) is 4.17. The smallest absolute Gasteiger partial charge is 0.173 e. The zero-order valence-electron chi connectivity index (χ0n) is 15.4. The molecule has 0 N–H and O–H groups in total. The van der Waals surface area contributed by atoms with Crippen LogP contribution in [-0.2, 0) is 5.75 Å². The highest BCUT2D eigenvalue weighted by molar-refractivity contribution is 7.98. The maximum Gasteiger partial charge on any atom is 0.173 e. The van der Waals surface area contributed by atoms with E-state index in [1.165, 1.54) is 12.1 Å². The van der Waals surface area contributed by atoms with Crippen molar-refractivity contribution in [1.82, 2.24) is 9.55 Å². The maximum absolute atomic E-state index is 13.1. The lowest BCUT2D eigenvalue weighted by Crippen LogP contribution is -1.99. The van der Waals surface area contributed by atoms with Crippen LogP contribution >= 0.6 is 11.8 Å². The Morgan fingerprint density at radius 2 is 1.64 bits per heavy atom. The van der Waals surface area contributed by atoms with E-state index in [4.69, 9.17) is 4.74 Å². The predicted octanol–water partition coefficient (Wildman–Crippen LogP) is 5.98. The molecule has 0 fully saturated rings. The monoisotopic (exact) mass is 390 g/mol. The Balaban J connectivity index is 1.69. The minimum absolute atomic E-state index is 0.221. The first-order chi connectivity index (χ1) is 13.7. The summed E-state index contributed by atoms with van der Waals surface area (Å²) in [6.07, 6.45) is 1.89. The topological polar surface area (TPSA) is 27.1 Å². The summed E-state index contributed by atoms with van der Waals surface area (Å²) >= 11 is 1.63. The van der Waals surface area contributed by atoms with Crippen LogP contribution in [0.2, 0.25) is 0 Å². The number of halogens is 1. The second-order valence-corrected chi connectivity index (χ2v) is 7.18. The molecule has 0 aliphatic heterocycles. The van der Waals surface area contributed by atoms with Crippen LogP contribution in [0.25, 0.3) is 16.9 Å². The van der Waals surface area contributed by atoms with Crippen molar-refractivity contribution in [3.05, 3.63) is 96.4 Å². The van der Waals surface area contributed by atoms with Gasteiger partial charge in [0.1, 0.15) is 11.6 Å². The molecule has 4 rings (SSSR count). The van der Waals surface area contributed by atoms with E-state index >= 15 is 0 Å². The lowest BCUT2D eigenvalue weighted by Gasteiger charge is -2.12. The van der Waals surface area contributed by atoms with Gasteiger partial charge in [-0.3, -0.25) is 4.57 Å². The highest BCUT2D eigenvalue weighted by Gasteiger charge is 2.14. The van der Waals surface area contributed by atoms with Crippen molar-refractivity contribution >= 4 is 11.8 Å². The van der Waals surface area contributed by atoms with E-state index in [1.54, 1.807) is 18.9 Å². The van der Waals surface area contributed by atoms with Crippen LogP contribution in [0.1, 0.15) is 5.56 Å². The van der Waals surface area contributed by atoms with Crippen LogP contribution in [0.4, 0.5) is 4.39 Å². The molecule has 140 valence electrons. The molecule has 3 nitrogen and oxygen atoms in total. The number of para-hydroxylation sites is 1. The number of thioether (sulfide) groups is 1. The molecule has 4 aromatic rings. The summed E-state index contributed by atoms with van der Waals surface area (Å²) in [4.78, 5) is 4.66. The van der Waals surface area contributed by atoms with Crippen molar-refractivity contribution < 1.29 is 9.13 Å². The molecule has 3 aromatic carbocycles. The lowest BCUT2D eigenvalue weighted by atomic mass is 10.1. The number of hydrogen-bond acceptors (Lipinski definition) is 3. The van der Waals surface area contributed by atoms with E-state index < -0.39 is 0 Å². The number of imidazole rings is 1. The van der Waals surface area contributed by atoms with Gasteiger partial charge in [-0.1, -0.05) is 42.1 Å². The highest BCUT2D eigenvalue weighted by Crippen LogP contribution is 2.32. The summed E-state index contributed by atoms with van der Waals surface area (Å²) in [6, 6.07) is 24.7. The van der Waals surface area contributed by atoms with Crippen molar-refractivity contribution in [2.24, 2.45) is 0 Å². The average Bonchev–Trinajstić information content (AvgIpc) is 3.18. The molecule has 0 amide bonds. The van der Waals surface area contributed by atoms with Crippen LogP contribution in [0.15, 0.2) is 90.2 Å². The summed E-state index contributed by atoms with van der Waals surface area (Å²) in [5.74, 6) is 1.31. The van der Waals surface area contributed by atoms with Crippen molar-refractivity contribution in [3.8, 4) is 22.7 Å². The summed E-state index contributed by atoms with van der Waals surface area (Å²) in [5, 5.41) is 0.890. The first-order valence-electron chi connectivity index (χ1n) is 8.89. The van der Waals surface area contributed by atoms with Gasteiger partial charge in [0.25, 0.3) is 0 Å². The van der Waals surface area contributed by atoms with Crippen molar-refractivity contribution in [1.29, 1.82) is 0 Å². The largest absolute Gasteiger partial charge is 0.497 e. The number of benzene rings is 3. The number of nitrogens with zero attached hydrogens (tertiary/aromatic N) is 2. The first-order valence-corrected chi connectivity index (χ1v) is 9.88. The van der Waals surface area contributed by atoms with Gasteiger partial charge in [-0.15, -0.1) is 0 Å². The van der Waals surface area contributed by atoms with Gasteiger partial charge in [0, 0.05) is 17.0 Å². The summed E-state index contributed by atoms with van der Waals surface area (Å²) < 4.78 is 20.6. The van der Waals surface area contributed by atoms with Crippen LogP contribution in [0.3, 0.4) is 0 Å². The van der Waals surface area contributed by atoms with E-state index in [9.17, 15) is 4.39 Å². The van der Waals surface area contributed by atoms with Gasteiger partial charge in [-0.25, -0.2) is 9.37 Å². The lowest BCUT2D eigenvalue weighted by molar-refractivity contribution is 0.415. The predicted molar refractivity (Wildman–Crippen MR) is 112 cm³/mol. The van der Waals surface area contributed by atoms with Crippen LogP contribution in [0.5, 0.6) is 5.75 Å². The molecule has 0 aliphatic carbocycles. The molecule has 0 aliphatic rings. The maximum atomic E-state index is 13.1. The SMILES string of the molecule is COc1ccc(-c2cnc(SCc3ccc(F)cc3)n2-c2ccccc2)cc1. The third kappa shape index (κ3) is 3.94. The van der Waals surface area contributed by atoms with Crippen LogP contribution in [-0.4, -0.2) is 16.7 Å². The molecule has 1 heterocycles. The molecule has 0 saturated heterocycles. The molecule has 0 unspecified atom stereocenters. The first kappa shape index (κ1) is 18.3. The van der Waals surface area contributed by atoms with Gasteiger partial charge in [0.15, 0.2) is 5.16 Å². The van der Waals surface area contributed by atoms with Crippen molar-refractivity contribution in [3.63, 3.8) is 0 Å². The quantitative estimate of drug-likeness (QED) is 0.379. The molecule has 0 bridgehead atoms. The van der Waals surface area contributed by atoms with Gasteiger partial charge in [-0.05, 0) is 54.1 Å². The molecule has 0 radical (unpaired) electrons. The number of hydrogen-bond donors (Lipinski definition) is 0. The Bertz CT molecular complexity index is 1040. The minimum Gasteiger partial charge on any atom is -0.497 e. The normalized spacial score (nSPS) is 10.8. The molecule has 0 atom stereocenters. The molecular formula is C23H19FN2OS. The van der Waals surface area contributed by atoms with Gasteiger partial charge in [-0.2, -0.15) is 0 Å². The fourth-order valence-corrected chi connectivity index (χ4v) is 3.91. The molecule has 1 aromatic heterocycles. The van der Waals surface area contributed by atoms with Crippen molar-refractivity contribution in [2.45, 2.75) is 10.9 Å². The van der Waals surface area contributed by atoms with E-state index in [0.717, 1.165) is 33.4 Å². The standard InChI is InChI=1S/C23H19FN2OS/c1-27-21-13-9-18(10-14-21)22-15-25-23(26(22)20-5-3-2-4-6-20)28-16-17-7-11-19(24)12-8-17/h2-15H,16H2,1H3. The van der Waals surface area contributed by atoms with E-state index in [-0.39, 0.29) is 5.82 Å². The number of aromatic nitrogens is 2. The molecule has 0 saturated carbocycles. The van der Waals surface area contributed by atoms with Gasteiger partial charge in [0.05, 0.1) is 19.0 Å². The Morgan fingerprint density at radius 3 is 2.32 bits per heavy atom. The molecular weight excluding hydrogens is 371 g/mol. The number of ether oxygens (including phenoxy) is 1. The fraction of sp³-hybridized carbons (Fsp3) is 0.0870. The molecule has 0 spiro atoms. The summed E-state index contributed by atoms with van der Waals surface area (Å²) in [7, 11) is 1.66. The van der Waals surface area contributed by atoms with E-state index in [1.807, 2.05) is 60.8 Å². The van der Waals surface area contributed by atoms with Crippen LogP contribution < -0.4 is 4.74 Å². The third-order valence-corrected chi connectivity index (χ3v) is 5.43. The van der Waals surface area contributed by atoms with Crippen molar-refractivity contribution in [2.75, 3.05) is 7.11 Å². The number of methoxy groups -OCH3 is 1. The summed E-state index contributed by atoms with van der Waals surface area (Å²) in [6.45, 7) is 0. The van der Waals surface area contributed by atoms with Gasteiger partial charge in [0.2, 0.25) is 0 Å². The highest BCUT2D eigenvalue weighted by atomic mass is 32.2. The molecule has 5 heteroatoms. The second-order valence-electron chi connectivity index (χ2n) is 6.24. The van der Waals surface area contributed by atoms with Crippen LogP contribution in [0, 0.1) is 5.82 Å². The minimum atomic E-state index is -0.221. The Labute approximate surface area is 167 Å². The average molecular weight is 390 g/mol. The number of rotatable bonds is 6.